The lowest BCUT2D eigenvalue weighted by atomic mass is 9.73. The molecule has 2 aromatic rings. The minimum absolute atomic E-state index is 0.0487. The summed E-state index contributed by atoms with van der Waals surface area (Å²) in [7, 11) is 0. The molecule has 4 rings (SSSR count). The van der Waals surface area contributed by atoms with E-state index in [4.69, 9.17) is 9.84 Å². The summed E-state index contributed by atoms with van der Waals surface area (Å²) >= 11 is 0. The Kier molecular flexibility index (Phi) is 7.15. The highest BCUT2D eigenvalue weighted by Gasteiger charge is 2.36. The van der Waals surface area contributed by atoms with E-state index in [1.54, 1.807) is 0 Å². The predicted octanol–water partition coefficient (Wildman–Crippen LogP) is 4.56. The van der Waals surface area contributed by atoms with Crippen molar-refractivity contribution in [1.29, 1.82) is 0 Å². The fraction of sp³-hybridized carbons (Fsp3) is 0.464. The highest BCUT2D eigenvalue weighted by molar-refractivity contribution is 5.86. The minimum atomic E-state index is -0.780. The van der Waals surface area contributed by atoms with Crippen LogP contribution in [0.4, 0.5) is 4.79 Å². The lowest BCUT2D eigenvalue weighted by Gasteiger charge is -2.36. The maximum atomic E-state index is 12.9. The minimum Gasteiger partial charge on any atom is -0.481 e. The van der Waals surface area contributed by atoms with Crippen molar-refractivity contribution in [3.05, 3.63) is 59.7 Å². The van der Waals surface area contributed by atoms with E-state index in [-0.39, 0.29) is 36.7 Å². The molecule has 186 valence electrons. The van der Waals surface area contributed by atoms with E-state index >= 15 is 0 Å². The first-order valence-corrected chi connectivity index (χ1v) is 12.2. The number of carbonyl (C=O) groups excluding carboxylic acids is 2. The average molecular weight is 479 g/mol. The van der Waals surface area contributed by atoms with Crippen LogP contribution in [-0.4, -0.2) is 42.3 Å². The van der Waals surface area contributed by atoms with Crippen molar-refractivity contribution in [3.63, 3.8) is 0 Å². The molecule has 7 heteroatoms. The van der Waals surface area contributed by atoms with Crippen LogP contribution in [0.3, 0.4) is 0 Å². The molecule has 2 aliphatic rings. The molecule has 7 nitrogen and oxygen atoms in total. The molecule has 3 N–H and O–H groups in total. The molecule has 2 amide bonds. The van der Waals surface area contributed by atoms with Gasteiger partial charge in [-0.05, 0) is 52.3 Å². The maximum absolute atomic E-state index is 12.9. The zero-order valence-corrected chi connectivity index (χ0v) is 20.5. The van der Waals surface area contributed by atoms with Crippen molar-refractivity contribution in [3.8, 4) is 11.1 Å². The lowest BCUT2D eigenvalue weighted by molar-refractivity contribution is -0.139. The first-order valence-electron chi connectivity index (χ1n) is 12.2. The Hall–Kier alpha value is -3.35. The molecule has 2 aromatic carbocycles. The molecule has 0 bridgehead atoms. The van der Waals surface area contributed by atoms with Crippen LogP contribution < -0.4 is 10.6 Å². The SMILES string of the molecule is CC(C)(C)[C@H](NC(=O)OCC1c2ccccc2-c2ccccc21)C(=O)NCC1CC(CC(=O)O)C1. The summed E-state index contributed by atoms with van der Waals surface area (Å²) in [5, 5.41) is 14.6. The summed E-state index contributed by atoms with van der Waals surface area (Å²) in [6, 6.07) is 15.5. The summed E-state index contributed by atoms with van der Waals surface area (Å²) in [6.07, 6.45) is 1.16. The Labute approximate surface area is 206 Å². The first kappa shape index (κ1) is 24.8. The van der Waals surface area contributed by atoms with Crippen LogP contribution in [0.2, 0.25) is 0 Å². The van der Waals surface area contributed by atoms with Crippen LogP contribution in [0.25, 0.3) is 11.1 Å². The van der Waals surface area contributed by atoms with Gasteiger partial charge in [0.1, 0.15) is 12.6 Å². The van der Waals surface area contributed by atoms with Crippen molar-refractivity contribution in [2.45, 2.75) is 52.0 Å². The van der Waals surface area contributed by atoms with E-state index in [0.717, 1.165) is 35.1 Å². The Bertz CT molecular complexity index is 1060. The smallest absolute Gasteiger partial charge is 0.407 e. The second-order valence-corrected chi connectivity index (χ2v) is 10.8. The van der Waals surface area contributed by atoms with E-state index in [9.17, 15) is 14.4 Å². The van der Waals surface area contributed by atoms with Crippen molar-refractivity contribution in [2.75, 3.05) is 13.2 Å². The van der Waals surface area contributed by atoms with E-state index in [1.807, 2.05) is 45.0 Å². The average Bonchev–Trinajstić information content (AvgIpc) is 3.10. The highest BCUT2D eigenvalue weighted by Crippen LogP contribution is 2.44. The van der Waals surface area contributed by atoms with Crippen molar-refractivity contribution in [1.82, 2.24) is 10.6 Å². The summed E-state index contributed by atoms with van der Waals surface area (Å²) in [6.45, 7) is 6.35. The number of nitrogens with one attached hydrogen (secondary N) is 2. The normalized spacial score (nSPS) is 19.6. The molecule has 2 aliphatic carbocycles. The largest absolute Gasteiger partial charge is 0.481 e. The quantitative estimate of drug-likeness (QED) is 0.516. The van der Waals surface area contributed by atoms with E-state index in [1.165, 1.54) is 0 Å². The number of carboxylic acids is 1. The molecule has 0 saturated heterocycles. The number of amides is 2. The topological polar surface area (TPSA) is 105 Å². The van der Waals surface area contributed by atoms with Gasteiger partial charge in [0, 0.05) is 18.9 Å². The molecule has 0 heterocycles. The van der Waals surface area contributed by atoms with Gasteiger partial charge in [-0.25, -0.2) is 4.79 Å². The van der Waals surface area contributed by atoms with Crippen LogP contribution in [0.5, 0.6) is 0 Å². The summed E-state index contributed by atoms with van der Waals surface area (Å²) in [5.74, 6) is -0.622. The molecular weight excluding hydrogens is 444 g/mol. The Morgan fingerprint density at radius 3 is 2.09 bits per heavy atom. The van der Waals surface area contributed by atoms with Gasteiger partial charge in [0.05, 0.1) is 0 Å². The monoisotopic (exact) mass is 478 g/mol. The number of alkyl carbamates (subject to hydrolysis) is 1. The van der Waals surface area contributed by atoms with Gasteiger partial charge in [-0.15, -0.1) is 0 Å². The van der Waals surface area contributed by atoms with Crippen molar-refractivity contribution < 1.29 is 24.2 Å². The highest BCUT2D eigenvalue weighted by atomic mass is 16.5. The third kappa shape index (κ3) is 5.66. The van der Waals surface area contributed by atoms with Gasteiger partial charge < -0.3 is 20.5 Å². The van der Waals surface area contributed by atoms with Crippen LogP contribution >= 0.6 is 0 Å². The third-order valence-electron chi connectivity index (χ3n) is 7.10. The second-order valence-electron chi connectivity index (χ2n) is 10.8. The number of ether oxygens (including phenoxy) is 1. The fourth-order valence-corrected chi connectivity index (χ4v) is 5.23. The third-order valence-corrected chi connectivity index (χ3v) is 7.10. The first-order chi connectivity index (χ1) is 16.6. The number of carbonyl (C=O) groups is 3. The summed E-state index contributed by atoms with van der Waals surface area (Å²) < 4.78 is 5.64. The molecule has 0 aliphatic heterocycles. The van der Waals surface area contributed by atoms with Crippen LogP contribution in [0.15, 0.2) is 48.5 Å². The van der Waals surface area contributed by atoms with Gasteiger partial charge in [-0.3, -0.25) is 9.59 Å². The molecule has 1 saturated carbocycles. The van der Waals surface area contributed by atoms with E-state index < -0.39 is 23.5 Å². The maximum Gasteiger partial charge on any atom is 0.407 e. The molecule has 0 radical (unpaired) electrons. The molecule has 0 aromatic heterocycles. The van der Waals surface area contributed by atoms with Gasteiger partial charge in [-0.2, -0.15) is 0 Å². The number of fused-ring (bicyclic) bond motifs is 3. The molecule has 0 spiro atoms. The molecule has 0 unspecified atom stereocenters. The number of hydrogen-bond acceptors (Lipinski definition) is 4. The number of rotatable bonds is 8. The lowest BCUT2D eigenvalue weighted by Crippen LogP contribution is -2.54. The van der Waals surface area contributed by atoms with E-state index in [0.29, 0.717) is 6.54 Å². The zero-order valence-electron chi connectivity index (χ0n) is 20.5. The van der Waals surface area contributed by atoms with Gasteiger partial charge in [-0.1, -0.05) is 69.3 Å². The zero-order chi connectivity index (χ0) is 25.2. The van der Waals surface area contributed by atoms with Gasteiger partial charge >= 0.3 is 12.1 Å². The second kappa shape index (κ2) is 10.1. The Morgan fingerprint density at radius 1 is 0.971 bits per heavy atom. The van der Waals surface area contributed by atoms with Crippen LogP contribution in [0.1, 0.15) is 57.1 Å². The van der Waals surface area contributed by atoms with Gasteiger partial charge in [0.25, 0.3) is 0 Å². The Balaban J connectivity index is 1.32. The molecule has 1 atom stereocenters. The summed E-state index contributed by atoms with van der Waals surface area (Å²) in [4.78, 5) is 36.5. The van der Waals surface area contributed by atoms with Crippen molar-refractivity contribution >= 4 is 18.0 Å². The standard InChI is InChI=1S/C28H34N2O5/c1-28(2,3)25(26(33)29-15-18-12-17(13-18)14-24(31)32)30-27(34)35-16-23-21-10-6-4-8-19(21)20-9-5-7-11-22(20)23/h4-11,17-18,23,25H,12-16H2,1-3H3,(H,29,33)(H,30,34)(H,31,32)/t17?,18?,25-/m1/s1. The van der Waals surface area contributed by atoms with Gasteiger partial charge in [0.15, 0.2) is 0 Å². The molecule has 1 fully saturated rings. The summed E-state index contributed by atoms with van der Waals surface area (Å²) in [5.41, 5.74) is 4.07. The predicted molar refractivity (Wildman–Crippen MR) is 133 cm³/mol. The molecular formula is C28H34N2O5. The van der Waals surface area contributed by atoms with Crippen LogP contribution in [-0.2, 0) is 14.3 Å². The molecule has 35 heavy (non-hydrogen) atoms. The van der Waals surface area contributed by atoms with E-state index in [2.05, 4.69) is 34.9 Å². The number of aliphatic carboxylic acids is 1. The Morgan fingerprint density at radius 2 is 1.54 bits per heavy atom. The number of hydrogen-bond donors (Lipinski definition) is 3. The number of carboxylic acid groups (broad SMARTS) is 1. The number of benzene rings is 2. The fourth-order valence-electron chi connectivity index (χ4n) is 5.23. The van der Waals surface area contributed by atoms with Gasteiger partial charge in [0.2, 0.25) is 5.91 Å². The van der Waals surface area contributed by atoms with Crippen LogP contribution in [0, 0.1) is 17.3 Å². The van der Waals surface area contributed by atoms with Crippen molar-refractivity contribution in [2.24, 2.45) is 17.3 Å².